The molecule has 1 atom stereocenters. The standard InChI is InChI=1S/C9H19NO4Si/c1-2-14-15-5-3-4-10-9(11)13-7-8-6-12-8/h8H,2-7,15H2,1H3,(H,10,11). The smallest absolute Gasteiger partial charge is 0.407 e. The molecule has 0 saturated carbocycles. The van der Waals surface area contributed by atoms with Gasteiger partial charge in [0.2, 0.25) is 0 Å². The molecule has 1 N–H and O–H groups in total. The average Bonchev–Trinajstić information content (AvgIpc) is 3.04. The summed E-state index contributed by atoms with van der Waals surface area (Å²) in [5.41, 5.74) is 0. The molecular formula is C9H19NO4Si. The molecule has 15 heavy (non-hydrogen) atoms. The molecule has 1 rings (SSSR count). The molecule has 0 aromatic heterocycles. The first-order chi connectivity index (χ1) is 7.33. The van der Waals surface area contributed by atoms with E-state index in [0.717, 1.165) is 19.1 Å². The quantitative estimate of drug-likeness (QED) is 0.365. The number of amides is 1. The number of carbonyl (C=O) groups is 1. The molecule has 0 aromatic rings. The van der Waals surface area contributed by atoms with Crippen molar-refractivity contribution < 1.29 is 18.7 Å². The van der Waals surface area contributed by atoms with Crippen molar-refractivity contribution in [2.45, 2.75) is 25.5 Å². The summed E-state index contributed by atoms with van der Waals surface area (Å²) >= 11 is 0. The average molecular weight is 233 g/mol. The van der Waals surface area contributed by atoms with Crippen molar-refractivity contribution in [1.82, 2.24) is 5.32 Å². The van der Waals surface area contributed by atoms with Gasteiger partial charge in [-0.15, -0.1) is 0 Å². The molecule has 0 radical (unpaired) electrons. The van der Waals surface area contributed by atoms with Crippen LogP contribution in [0, 0.1) is 0 Å². The van der Waals surface area contributed by atoms with Gasteiger partial charge in [0.25, 0.3) is 0 Å². The minimum atomic E-state index is -0.360. The third kappa shape index (κ3) is 7.35. The molecule has 1 fully saturated rings. The van der Waals surface area contributed by atoms with E-state index in [4.69, 9.17) is 13.9 Å². The van der Waals surface area contributed by atoms with E-state index in [9.17, 15) is 4.79 Å². The predicted octanol–water partition coefficient (Wildman–Crippen LogP) is 0.0401. The Balaban J connectivity index is 1.79. The Morgan fingerprint density at radius 2 is 2.47 bits per heavy atom. The van der Waals surface area contributed by atoms with Crippen molar-refractivity contribution in [2.24, 2.45) is 0 Å². The molecule has 0 bridgehead atoms. The Morgan fingerprint density at radius 1 is 1.67 bits per heavy atom. The molecule has 5 nitrogen and oxygen atoms in total. The van der Waals surface area contributed by atoms with E-state index in [-0.39, 0.29) is 22.0 Å². The first kappa shape index (κ1) is 12.5. The Bertz CT molecular complexity index is 187. The maximum atomic E-state index is 11.1. The fourth-order valence-corrected chi connectivity index (χ4v) is 1.99. The van der Waals surface area contributed by atoms with Crippen molar-refractivity contribution >= 4 is 15.9 Å². The van der Waals surface area contributed by atoms with Crippen molar-refractivity contribution in [3.63, 3.8) is 0 Å². The van der Waals surface area contributed by atoms with Crippen LogP contribution >= 0.6 is 0 Å². The number of hydrogen-bond donors (Lipinski definition) is 1. The monoisotopic (exact) mass is 233 g/mol. The van der Waals surface area contributed by atoms with E-state index in [0.29, 0.717) is 19.8 Å². The fraction of sp³-hybridized carbons (Fsp3) is 0.889. The highest BCUT2D eigenvalue weighted by Gasteiger charge is 2.23. The minimum Gasteiger partial charge on any atom is -0.447 e. The summed E-state index contributed by atoms with van der Waals surface area (Å²) in [6.07, 6.45) is 0.769. The number of hydrogen-bond acceptors (Lipinski definition) is 4. The van der Waals surface area contributed by atoms with Gasteiger partial charge in [-0.3, -0.25) is 0 Å². The molecule has 1 aliphatic rings. The lowest BCUT2D eigenvalue weighted by Crippen LogP contribution is -2.26. The van der Waals surface area contributed by atoms with Gasteiger partial charge in [0.1, 0.15) is 12.7 Å². The Kier molecular flexibility index (Phi) is 6.38. The summed E-state index contributed by atoms with van der Waals surface area (Å²) in [4.78, 5) is 11.1. The number of epoxide rings is 1. The van der Waals surface area contributed by atoms with Gasteiger partial charge in [-0.25, -0.2) is 4.79 Å². The van der Waals surface area contributed by atoms with Crippen molar-refractivity contribution in [3.05, 3.63) is 0 Å². The Morgan fingerprint density at radius 3 is 3.13 bits per heavy atom. The molecule has 0 aliphatic carbocycles. The zero-order valence-electron chi connectivity index (χ0n) is 9.16. The van der Waals surface area contributed by atoms with Gasteiger partial charge in [-0.1, -0.05) is 0 Å². The van der Waals surface area contributed by atoms with E-state index in [1.807, 2.05) is 6.92 Å². The van der Waals surface area contributed by atoms with Gasteiger partial charge in [0, 0.05) is 13.2 Å². The molecular weight excluding hydrogens is 214 g/mol. The van der Waals surface area contributed by atoms with Crippen LogP contribution in [-0.4, -0.2) is 48.3 Å². The molecule has 0 spiro atoms. The number of rotatable bonds is 8. The highest BCUT2D eigenvalue weighted by atomic mass is 28.2. The molecule has 1 saturated heterocycles. The molecule has 1 amide bonds. The summed E-state index contributed by atoms with van der Waals surface area (Å²) < 4.78 is 15.1. The number of ether oxygens (including phenoxy) is 2. The van der Waals surface area contributed by atoms with E-state index < -0.39 is 0 Å². The normalized spacial score (nSPS) is 19.4. The zero-order valence-corrected chi connectivity index (χ0v) is 10.6. The first-order valence-electron chi connectivity index (χ1n) is 5.43. The lowest BCUT2D eigenvalue weighted by atomic mass is 10.5. The van der Waals surface area contributed by atoms with Crippen LogP contribution in [0.25, 0.3) is 0 Å². The van der Waals surface area contributed by atoms with Gasteiger partial charge in [0.05, 0.1) is 6.61 Å². The van der Waals surface area contributed by atoms with Crippen LogP contribution in [0.5, 0.6) is 0 Å². The van der Waals surface area contributed by atoms with Crippen LogP contribution in [0.3, 0.4) is 0 Å². The second-order valence-electron chi connectivity index (χ2n) is 3.38. The summed E-state index contributed by atoms with van der Waals surface area (Å²) in [7, 11) is -0.360. The SMILES string of the molecule is CCO[SiH2]CCCNC(=O)OCC1CO1. The van der Waals surface area contributed by atoms with Crippen molar-refractivity contribution in [3.8, 4) is 0 Å². The van der Waals surface area contributed by atoms with Crippen molar-refractivity contribution in [1.29, 1.82) is 0 Å². The third-order valence-corrected chi connectivity index (χ3v) is 3.48. The summed E-state index contributed by atoms with van der Waals surface area (Å²) in [5.74, 6) is 0. The molecule has 1 unspecified atom stereocenters. The van der Waals surface area contributed by atoms with Crippen LogP contribution in [0.2, 0.25) is 6.04 Å². The van der Waals surface area contributed by atoms with Crippen LogP contribution in [0.1, 0.15) is 13.3 Å². The third-order valence-electron chi connectivity index (χ3n) is 1.99. The van der Waals surface area contributed by atoms with Gasteiger partial charge in [-0.2, -0.15) is 0 Å². The number of carbonyl (C=O) groups excluding carboxylic acids is 1. The summed E-state index contributed by atoms with van der Waals surface area (Å²) in [6, 6.07) is 1.10. The molecule has 0 aromatic carbocycles. The van der Waals surface area contributed by atoms with Gasteiger partial charge >= 0.3 is 6.09 Å². The molecule has 88 valence electrons. The van der Waals surface area contributed by atoms with E-state index in [1.54, 1.807) is 0 Å². The summed E-state index contributed by atoms with van der Waals surface area (Å²) in [6.45, 7) is 4.57. The van der Waals surface area contributed by atoms with Gasteiger partial charge in [-0.05, 0) is 19.4 Å². The molecule has 6 heteroatoms. The molecule has 1 heterocycles. The lowest BCUT2D eigenvalue weighted by Gasteiger charge is -2.05. The summed E-state index contributed by atoms with van der Waals surface area (Å²) in [5, 5.41) is 2.69. The largest absolute Gasteiger partial charge is 0.447 e. The predicted molar refractivity (Wildman–Crippen MR) is 58.7 cm³/mol. The van der Waals surface area contributed by atoms with Crippen LogP contribution in [0.15, 0.2) is 0 Å². The molecule has 1 aliphatic heterocycles. The minimum absolute atomic E-state index is 0.140. The lowest BCUT2D eigenvalue weighted by molar-refractivity contribution is 0.136. The van der Waals surface area contributed by atoms with Crippen molar-refractivity contribution in [2.75, 3.05) is 26.4 Å². The van der Waals surface area contributed by atoms with Crippen LogP contribution < -0.4 is 5.32 Å². The highest BCUT2D eigenvalue weighted by Crippen LogP contribution is 2.08. The number of nitrogens with one attached hydrogen (secondary N) is 1. The van der Waals surface area contributed by atoms with Crippen LogP contribution in [-0.2, 0) is 13.9 Å². The zero-order chi connectivity index (χ0) is 10.9. The Labute approximate surface area is 92.4 Å². The fourth-order valence-electron chi connectivity index (χ4n) is 1.05. The number of alkyl carbamates (subject to hydrolysis) is 1. The van der Waals surface area contributed by atoms with E-state index in [1.165, 1.54) is 0 Å². The Hall–Kier alpha value is -0.593. The van der Waals surface area contributed by atoms with E-state index >= 15 is 0 Å². The van der Waals surface area contributed by atoms with Gasteiger partial charge < -0.3 is 19.2 Å². The maximum Gasteiger partial charge on any atom is 0.407 e. The highest BCUT2D eigenvalue weighted by molar-refractivity contribution is 6.26. The maximum absolute atomic E-state index is 11.1. The van der Waals surface area contributed by atoms with E-state index in [2.05, 4.69) is 5.32 Å². The van der Waals surface area contributed by atoms with Crippen LogP contribution in [0.4, 0.5) is 4.79 Å². The second kappa shape index (κ2) is 7.67. The first-order valence-corrected chi connectivity index (χ1v) is 7.00. The van der Waals surface area contributed by atoms with Gasteiger partial charge in [0.15, 0.2) is 9.76 Å². The second-order valence-corrected chi connectivity index (χ2v) is 4.91. The topological polar surface area (TPSA) is 60.1 Å².